The van der Waals surface area contributed by atoms with Crippen molar-refractivity contribution < 1.29 is 9.13 Å². The molecule has 1 heterocycles. The topological polar surface area (TPSA) is 21.6 Å². The van der Waals surface area contributed by atoms with Crippen LogP contribution in [-0.4, -0.2) is 18.0 Å². The van der Waals surface area contributed by atoms with Gasteiger partial charge in [0.2, 0.25) is 5.90 Å². The minimum absolute atomic E-state index is 0.0516. The highest BCUT2D eigenvalue weighted by Crippen LogP contribution is 2.43. The lowest BCUT2D eigenvalue weighted by Crippen LogP contribution is -2.22. The molecule has 0 radical (unpaired) electrons. The Labute approximate surface area is 120 Å². The molecule has 0 aromatic heterocycles. The fourth-order valence-electron chi connectivity index (χ4n) is 3.38. The first-order valence-electron chi connectivity index (χ1n) is 7.43. The summed E-state index contributed by atoms with van der Waals surface area (Å²) in [6.07, 6.45) is 4.65. The molecule has 108 valence electrons. The quantitative estimate of drug-likeness (QED) is 0.792. The molecule has 1 aromatic carbocycles. The van der Waals surface area contributed by atoms with Crippen molar-refractivity contribution in [3.63, 3.8) is 0 Å². The highest BCUT2D eigenvalue weighted by Gasteiger charge is 2.37. The molecule has 20 heavy (non-hydrogen) atoms. The summed E-state index contributed by atoms with van der Waals surface area (Å²) in [4.78, 5) is 4.57. The maximum Gasteiger partial charge on any atom is 0.220 e. The number of benzene rings is 1. The van der Waals surface area contributed by atoms with Crippen LogP contribution in [-0.2, 0) is 10.2 Å². The van der Waals surface area contributed by atoms with Crippen LogP contribution in [0.25, 0.3) is 0 Å². The first-order chi connectivity index (χ1) is 9.41. The summed E-state index contributed by atoms with van der Waals surface area (Å²) in [7, 11) is 0. The molecule has 0 N–H and O–H groups in total. The Morgan fingerprint density at radius 3 is 2.45 bits per heavy atom. The SMILES string of the molecule is CC1(C)COC(c2c(F)cccc2C2(C)CCCC2)=N1. The molecule has 0 bridgehead atoms. The third-order valence-electron chi connectivity index (χ3n) is 4.55. The first-order valence-corrected chi connectivity index (χ1v) is 7.43. The monoisotopic (exact) mass is 275 g/mol. The highest BCUT2D eigenvalue weighted by atomic mass is 19.1. The van der Waals surface area contributed by atoms with Gasteiger partial charge in [-0.3, -0.25) is 0 Å². The molecule has 0 spiro atoms. The highest BCUT2D eigenvalue weighted by molar-refractivity contribution is 5.97. The number of rotatable bonds is 2. The number of nitrogens with zero attached hydrogens (tertiary/aromatic N) is 1. The zero-order valence-electron chi connectivity index (χ0n) is 12.5. The molecule has 0 unspecified atom stereocenters. The molecular formula is C17H22FNO. The number of halogens is 1. The summed E-state index contributed by atoms with van der Waals surface area (Å²) in [5, 5.41) is 0. The Bertz CT molecular complexity index is 556. The summed E-state index contributed by atoms with van der Waals surface area (Å²) < 4.78 is 20.1. The Morgan fingerprint density at radius 1 is 1.15 bits per heavy atom. The van der Waals surface area contributed by atoms with Gasteiger partial charge in [0.25, 0.3) is 0 Å². The predicted molar refractivity (Wildman–Crippen MR) is 78.8 cm³/mol. The summed E-state index contributed by atoms with van der Waals surface area (Å²) in [6, 6.07) is 5.35. The van der Waals surface area contributed by atoms with Crippen molar-refractivity contribution in [3.05, 3.63) is 35.1 Å². The van der Waals surface area contributed by atoms with Crippen molar-refractivity contribution in [1.29, 1.82) is 0 Å². The minimum atomic E-state index is -0.258. The second kappa shape index (κ2) is 4.57. The van der Waals surface area contributed by atoms with Crippen LogP contribution in [0.15, 0.2) is 23.2 Å². The van der Waals surface area contributed by atoms with E-state index in [0.29, 0.717) is 18.1 Å². The first kappa shape index (κ1) is 13.6. The lowest BCUT2D eigenvalue weighted by atomic mass is 9.78. The van der Waals surface area contributed by atoms with E-state index in [-0.39, 0.29) is 16.8 Å². The van der Waals surface area contributed by atoms with E-state index in [2.05, 4.69) is 11.9 Å². The van der Waals surface area contributed by atoms with Crippen LogP contribution in [0.3, 0.4) is 0 Å². The molecule has 0 saturated heterocycles. The van der Waals surface area contributed by atoms with E-state index in [9.17, 15) is 4.39 Å². The number of aliphatic imine (C=N–C) groups is 1. The smallest absolute Gasteiger partial charge is 0.220 e. The van der Waals surface area contributed by atoms with Crippen LogP contribution in [0.1, 0.15) is 57.6 Å². The Balaban J connectivity index is 2.11. The average molecular weight is 275 g/mol. The lowest BCUT2D eigenvalue weighted by Gasteiger charge is -2.27. The van der Waals surface area contributed by atoms with Gasteiger partial charge in [-0.05, 0) is 43.7 Å². The van der Waals surface area contributed by atoms with Crippen LogP contribution < -0.4 is 0 Å². The molecule has 3 rings (SSSR count). The van der Waals surface area contributed by atoms with Crippen molar-refractivity contribution in [3.8, 4) is 0 Å². The van der Waals surface area contributed by atoms with Gasteiger partial charge < -0.3 is 4.74 Å². The molecule has 1 saturated carbocycles. The fourth-order valence-corrected chi connectivity index (χ4v) is 3.38. The van der Waals surface area contributed by atoms with Crippen molar-refractivity contribution >= 4 is 5.90 Å². The second-order valence-electron chi connectivity index (χ2n) is 6.95. The maximum atomic E-state index is 14.4. The number of ether oxygens (including phenoxy) is 1. The zero-order valence-corrected chi connectivity index (χ0v) is 12.5. The standard InChI is InChI=1S/C17H22FNO/c1-16(2)11-20-15(19-16)14-12(7-6-8-13(14)18)17(3)9-4-5-10-17/h6-8H,4-5,9-11H2,1-3H3. The third kappa shape index (κ3) is 2.23. The van der Waals surface area contributed by atoms with Gasteiger partial charge >= 0.3 is 0 Å². The Morgan fingerprint density at radius 2 is 1.85 bits per heavy atom. The molecule has 1 aliphatic heterocycles. The zero-order chi connectivity index (χ0) is 14.4. The van der Waals surface area contributed by atoms with Gasteiger partial charge in [-0.1, -0.05) is 31.9 Å². The van der Waals surface area contributed by atoms with Gasteiger partial charge in [0.15, 0.2) is 0 Å². The minimum Gasteiger partial charge on any atom is -0.475 e. The molecular weight excluding hydrogens is 253 g/mol. The predicted octanol–water partition coefficient (Wildman–Crippen LogP) is 4.21. The van der Waals surface area contributed by atoms with E-state index in [1.165, 1.54) is 18.9 Å². The summed E-state index contributed by atoms with van der Waals surface area (Å²) in [6.45, 7) is 6.78. The Kier molecular flexibility index (Phi) is 3.11. The molecule has 2 nitrogen and oxygen atoms in total. The van der Waals surface area contributed by atoms with Crippen molar-refractivity contribution in [2.24, 2.45) is 4.99 Å². The molecule has 2 aliphatic rings. The largest absolute Gasteiger partial charge is 0.475 e. The van der Waals surface area contributed by atoms with E-state index in [1.807, 2.05) is 19.9 Å². The second-order valence-corrected chi connectivity index (χ2v) is 6.95. The van der Waals surface area contributed by atoms with Crippen LogP contribution in [0.5, 0.6) is 0 Å². The van der Waals surface area contributed by atoms with Crippen molar-refractivity contribution in [1.82, 2.24) is 0 Å². The number of hydrogen-bond acceptors (Lipinski definition) is 2. The maximum absolute atomic E-state index is 14.4. The van der Waals surface area contributed by atoms with Gasteiger partial charge in [0.05, 0.1) is 11.1 Å². The average Bonchev–Trinajstić information content (AvgIpc) is 2.96. The fraction of sp³-hybridized carbons (Fsp3) is 0.588. The van der Waals surface area contributed by atoms with Crippen LogP contribution in [0.2, 0.25) is 0 Å². The van der Waals surface area contributed by atoms with Crippen LogP contribution in [0, 0.1) is 5.82 Å². The molecule has 1 aliphatic carbocycles. The van der Waals surface area contributed by atoms with Crippen LogP contribution >= 0.6 is 0 Å². The van der Waals surface area contributed by atoms with Gasteiger partial charge in [0, 0.05) is 0 Å². The van der Waals surface area contributed by atoms with E-state index in [4.69, 9.17) is 4.74 Å². The van der Waals surface area contributed by atoms with E-state index in [0.717, 1.165) is 18.4 Å². The van der Waals surface area contributed by atoms with Gasteiger partial charge in [-0.2, -0.15) is 0 Å². The summed E-state index contributed by atoms with van der Waals surface area (Å²) in [5.41, 5.74) is 1.44. The van der Waals surface area contributed by atoms with E-state index in [1.54, 1.807) is 6.07 Å². The van der Waals surface area contributed by atoms with Gasteiger partial charge in [-0.15, -0.1) is 0 Å². The molecule has 1 aromatic rings. The molecule has 3 heteroatoms. The lowest BCUT2D eigenvalue weighted by molar-refractivity contribution is 0.278. The third-order valence-corrected chi connectivity index (χ3v) is 4.55. The summed E-state index contributed by atoms with van der Waals surface area (Å²) >= 11 is 0. The van der Waals surface area contributed by atoms with Gasteiger partial charge in [0.1, 0.15) is 12.4 Å². The van der Waals surface area contributed by atoms with Crippen molar-refractivity contribution in [2.75, 3.05) is 6.61 Å². The van der Waals surface area contributed by atoms with Crippen molar-refractivity contribution in [2.45, 2.75) is 57.4 Å². The van der Waals surface area contributed by atoms with E-state index >= 15 is 0 Å². The molecule has 0 atom stereocenters. The van der Waals surface area contributed by atoms with Gasteiger partial charge in [-0.25, -0.2) is 9.38 Å². The summed E-state index contributed by atoms with van der Waals surface area (Å²) in [5.74, 6) is 0.267. The molecule has 1 fully saturated rings. The Hall–Kier alpha value is -1.38. The van der Waals surface area contributed by atoms with E-state index < -0.39 is 0 Å². The van der Waals surface area contributed by atoms with Crippen LogP contribution in [0.4, 0.5) is 4.39 Å². The molecule has 0 amide bonds. The number of hydrogen-bond donors (Lipinski definition) is 0. The normalized spacial score (nSPS) is 23.5.